The summed E-state index contributed by atoms with van der Waals surface area (Å²) in [6, 6.07) is 0. The molecular formula is C15H27NO3. The van der Waals surface area contributed by atoms with Gasteiger partial charge in [-0.15, -0.1) is 0 Å². The Morgan fingerprint density at radius 3 is 2.37 bits per heavy atom. The highest BCUT2D eigenvalue weighted by Gasteiger charge is 2.43. The van der Waals surface area contributed by atoms with E-state index in [0.717, 1.165) is 25.7 Å². The van der Waals surface area contributed by atoms with Crippen molar-refractivity contribution in [3.8, 4) is 0 Å². The number of carbonyl (C=O) groups is 2. The number of rotatable bonds is 6. The van der Waals surface area contributed by atoms with Gasteiger partial charge in [-0.2, -0.15) is 0 Å². The lowest BCUT2D eigenvalue weighted by Gasteiger charge is -2.41. The lowest BCUT2D eigenvalue weighted by Crippen LogP contribution is -2.51. The molecule has 4 nitrogen and oxygen atoms in total. The first-order valence-corrected chi connectivity index (χ1v) is 7.53. The molecule has 1 aliphatic rings. The second kappa shape index (κ2) is 6.92. The van der Waals surface area contributed by atoms with Crippen LogP contribution in [0.5, 0.6) is 0 Å². The average molecular weight is 269 g/mol. The van der Waals surface area contributed by atoms with Crippen molar-refractivity contribution < 1.29 is 14.7 Å². The number of amides is 1. The van der Waals surface area contributed by atoms with Crippen LogP contribution in [0.3, 0.4) is 0 Å². The largest absolute Gasteiger partial charge is 0.481 e. The summed E-state index contributed by atoms with van der Waals surface area (Å²) >= 11 is 0. The Hall–Kier alpha value is -1.06. The van der Waals surface area contributed by atoms with Crippen LogP contribution >= 0.6 is 0 Å². The lowest BCUT2D eigenvalue weighted by molar-refractivity contribution is -0.156. The van der Waals surface area contributed by atoms with Gasteiger partial charge in [-0.1, -0.05) is 27.2 Å². The topological polar surface area (TPSA) is 57.6 Å². The zero-order valence-corrected chi connectivity index (χ0v) is 12.4. The first-order chi connectivity index (χ1) is 9.00. The average Bonchev–Trinajstić information content (AvgIpc) is 2.40. The first-order valence-electron chi connectivity index (χ1n) is 7.53. The molecular weight excluding hydrogens is 242 g/mol. The van der Waals surface area contributed by atoms with E-state index in [-0.39, 0.29) is 11.8 Å². The van der Waals surface area contributed by atoms with E-state index in [2.05, 4.69) is 0 Å². The van der Waals surface area contributed by atoms with E-state index in [0.29, 0.717) is 25.9 Å². The van der Waals surface area contributed by atoms with E-state index < -0.39 is 11.4 Å². The Labute approximate surface area is 116 Å². The highest BCUT2D eigenvalue weighted by atomic mass is 16.4. The lowest BCUT2D eigenvalue weighted by atomic mass is 9.76. The zero-order chi connectivity index (χ0) is 14.5. The number of aliphatic carboxylic acids is 1. The van der Waals surface area contributed by atoms with E-state index >= 15 is 0 Å². The predicted octanol–water partition coefficient (Wildman–Crippen LogP) is 2.92. The number of likely N-dealkylation sites (tertiary alicyclic amines) is 1. The molecule has 0 radical (unpaired) electrons. The summed E-state index contributed by atoms with van der Waals surface area (Å²) < 4.78 is 0. The van der Waals surface area contributed by atoms with Gasteiger partial charge in [-0.25, -0.2) is 0 Å². The molecule has 4 heteroatoms. The number of carboxylic acid groups (broad SMARTS) is 1. The van der Waals surface area contributed by atoms with E-state index in [4.69, 9.17) is 0 Å². The zero-order valence-electron chi connectivity index (χ0n) is 12.4. The molecule has 1 aliphatic heterocycles. The highest BCUT2D eigenvalue weighted by Crippen LogP contribution is 2.35. The fourth-order valence-corrected chi connectivity index (χ4v) is 3.18. The molecule has 1 saturated heterocycles. The standard InChI is InChI=1S/C15H27NO3/c1-4-8-15(14(18)19)9-7-10-16(11-15)13(17)12(5-2)6-3/h12H,4-11H2,1-3H3,(H,18,19). The summed E-state index contributed by atoms with van der Waals surface area (Å²) in [5.41, 5.74) is -0.714. The molecule has 19 heavy (non-hydrogen) atoms. The Kier molecular flexibility index (Phi) is 5.83. The van der Waals surface area contributed by atoms with Crippen molar-refractivity contribution in [1.82, 2.24) is 4.90 Å². The second-order valence-electron chi connectivity index (χ2n) is 5.71. The van der Waals surface area contributed by atoms with Gasteiger partial charge in [-0.05, 0) is 32.1 Å². The molecule has 1 atom stereocenters. The van der Waals surface area contributed by atoms with Crippen LogP contribution in [0.2, 0.25) is 0 Å². The van der Waals surface area contributed by atoms with Crippen molar-refractivity contribution in [1.29, 1.82) is 0 Å². The molecule has 0 bridgehead atoms. The van der Waals surface area contributed by atoms with Crippen LogP contribution in [-0.2, 0) is 9.59 Å². The number of nitrogens with zero attached hydrogens (tertiary/aromatic N) is 1. The third-order valence-corrected chi connectivity index (χ3v) is 4.41. The third-order valence-electron chi connectivity index (χ3n) is 4.41. The minimum absolute atomic E-state index is 0.0474. The number of piperidine rings is 1. The number of hydrogen-bond acceptors (Lipinski definition) is 2. The molecule has 0 aromatic carbocycles. The molecule has 1 heterocycles. The van der Waals surface area contributed by atoms with Gasteiger partial charge >= 0.3 is 5.97 Å². The summed E-state index contributed by atoms with van der Waals surface area (Å²) in [6.45, 7) is 7.16. The first kappa shape index (κ1) is 16.0. The van der Waals surface area contributed by atoms with Crippen LogP contribution in [0.4, 0.5) is 0 Å². The summed E-state index contributed by atoms with van der Waals surface area (Å²) in [5.74, 6) is -0.547. The normalized spacial score (nSPS) is 23.7. The number of carboxylic acids is 1. The number of hydrogen-bond donors (Lipinski definition) is 1. The summed E-state index contributed by atoms with van der Waals surface area (Å²) in [5, 5.41) is 9.53. The molecule has 1 rings (SSSR count). The molecule has 1 unspecified atom stereocenters. The molecule has 0 aliphatic carbocycles. The van der Waals surface area contributed by atoms with Gasteiger partial charge < -0.3 is 10.0 Å². The Bertz CT molecular complexity index is 321. The Morgan fingerprint density at radius 1 is 1.26 bits per heavy atom. The molecule has 0 aromatic rings. The van der Waals surface area contributed by atoms with E-state index in [1.54, 1.807) is 4.90 Å². The van der Waals surface area contributed by atoms with Gasteiger partial charge in [-0.3, -0.25) is 9.59 Å². The maximum atomic E-state index is 12.4. The van der Waals surface area contributed by atoms with E-state index in [1.807, 2.05) is 20.8 Å². The van der Waals surface area contributed by atoms with Gasteiger partial charge in [0, 0.05) is 19.0 Å². The van der Waals surface area contributed by atoms with Gasteiger partial charge in [0.1, 0.15) is 0 Å². The van der Waals surface area contributed by atoms with Crippen molar-refractivity contribution in [3.05, 3.63) is 0 Å². The van der Waals surface area contributed by atoms with E-state index in [9.17, 15) is 14.7 Å². The molecule has 110 valence electrons. The summed E-state index contributed by atoms with van der Waals surface area (Å²) in [6.07, 6.45) is 4.68. The molecule has 1 amide bonds. The highest BCUT2D eigenvalue weighted by molar-refractivity contribution is 5.81. The van der Waals surface area contributed by atoms with Gasteiger partial charge in [0.2, 0.25) is 5.91 Å². The van der Waals surface area contributed by atoms with Crippen LogP contribution < -0.4 is 0 Å². The van der Waals surface area contributed by atoms with Gasteiger partial charge in [0.15, 0.2) is 0 Å². The van der Waals surface area contributed by atoms with Crippen LogP contribution in [0.15, 0.2) is 0 Å². The van der Waals surface area contributed by atoms with Crippen molar-refractivity contribution >= 4 is 11.9 Å². The van der Waals surface area contributed by atoms with Gasteiger partial charge in [0.05, 0.1) is 5.41 Å². The van der Waals surface area contributed by atoms with Gasteiger partial charge in [0.25, 0.3) is 0 Å². The van der Waals surface area contributed by atoms with Crippen LogP contribution in [-0.4, -0.2) is 35.0 Å². The molecule has 0 spiro atoms. The van der Waals surface area contributed by atoms with Crippen LogP contribution in [0.1, 0.15) is 59.3 Å². The van der Waals surface area contributed by atoms with Crippen molar-refractivity contribution in [2.75, 3.05) is 13.1 Å². The van der Waals surface area contributed by atoms with Crippen molar-refractivity contribution in [2.24, 2.45) is 11.3 Å². The Morgan fingerprint density at radius 2 is 1.89 bits per heavy atom. The molecule has 0 aromatic heterocycles. The maximum absolute atomic E-state index is 12.4. The minimum atomic E-state index is -0.739. The van der Waals surface area contributed by atoms with Crippen molar-refractivity contribution in [2.45, 2.75) is 59.3 Å². The van der Waals surface area contributed by atoms with Crippen LogP contribution in [0.25, 0.3) is 0 Å². The van der Waals surface area contributed by atoms with E-state index in [1.165, 1.54) is 0 Å². The fraction of sp³-hybridized carbons (Fsp3) is 0.867. The summed E-state index contributed by atoms with van der Waals surface area (Å²) in [4.78, 5) is 25.8. The minimum Gasteiger partial charge on any atom is -0.481 e. The second-order valence-corrected chi connectivity index (χ2v) is 5.71. The number of carbonyl (C=O) groups excluding carboxylic acids is 1. The smallest absolute Gasteiger partial charge is 0.311 e. The fourth-order valence-electron chi connectivity index (χ4n) is 3.18. The monoisotopic (exact) mass is 269 g/mol. The SMILES string of the molecule is CCCC1(C(=O)O)CCCN(C(=O)C(CC)CC)C1. The quantitative estimate of drug-likeness (QED) is 0.806. The van der Waals surface area contributed by atoms with Crippen molar-refractivity contribution in [3.63, 3.8) is 0 Å². The molecule has 1 N–H and O–H groups in total. The molecule has 1 fully saturated rings. The van der Waals surface area contributed by atoms with Crippen LogP contribution in [0, 0.1) is 11.3 Å². The molecule has 0 saturated carbocycles. The maximum Gasteiger partial charge on any atom is 0.311 e. The summed E-state index contributed by atoms with van der Waals surface area (Å²) in [7, 11) is 0. The third kappa shape index (κ3) is 3.48. The predicted molar refractivity (Wildman–Crippen MR) is 74.9 cm³/mol. The Balaban J connectivity index is 2.82.